The highest BCUT2D eigenvalue weighted by atomic mass is 32.1. The molecule has 1 aliphatic carbocycles. The molecule has 0 spiro atoms. The average Bonchev–Trinajstić information content (AvgIpc) is 3.73. The topological polar surface area (TPSA) is 140 Å². The molecule has 5 rings (SSSR count). The molecule has 2 fully saturated rings. The van der Waals surface area contributed by atoms with Crippen LogP contribution in [-0.2, 0) is 9.53 Å². The zero-order chi connectivity index (χ0) is 28.9. The molecule has 3 aromatic rings. The first kappa shape index (κ1) is 28.7. The first-order valence-corrected chi connectivity index (χ1v) is 14.7. The number of benzene rings is 1. The summed E-state index contributed by atoms with van der Waals surface area (Å²) in [7, 11) is 0. The summed E-state index contributed by atoms with van der Waals surface area (Å²) in [6.45, 7) is 2.62. The number of hydrogen-bond acceptors (Lipinski definition) is 8. The minimum Gasteiger partial charge on any atom is -0.464 e. The molecule has 3 amide bonds. The van der Waals surface area contributed by atoms with Crippen LogP contribution in [0.3, 0.4) is 0 Å². The van der Waals surface area contributed by atoms with Gasteiger partial charge in [0.25, 0.3) is 17.7 Å². The summed E-state index contributed by atoms with van der Waals surface area (Å²) in [4.78, 5) is 42.2. The zero-order valence-corrected chi connectivity index (χ0v) is 23.7. The van der Waals surface area contributed by atoms with Gasteiger partial charge in [-0.25, -0.2) is 4.39 Å². The molecule has 1 aromatic carbocycles. The third-order valence-corrected chi connectivity index (χ3v) is 8.32. The normalized spacial score (nSPS) is 18.1. The predicted molar refractivity (Wildman–Crippen MR) is 152 cm³/mol. The van der Waals surface area contributed by atoms with Gasteiger partial charge in [-0.1, -0.05) is 19.3 Å². The SMILES string of the molecule is Cc1ccc([C@H](C(=O)NC[C@@H]2CCCO2)N(C(=O)c2snc(C(=O)NC3CCCCC3)c2N)c2ccc(F)cc2)o1. The lowest BCUT2D eigenvalue weighted by atomic mass is 9.95. The van der Waals surface area contributed by atoms with E-state index in [0.29, 0.717) is 12.4 Å². The van der Waals surface area contributed by atoms with Crippen LogP contribution in [-0.4, -0.2) is 47.4 Å². The summed E-state index contributed by atoms with van der Waals surface area (Å²) in [5, 5.41) is 5.86. The number of anilines is 2. The largest absolute Gasteiger partial charge is 0.464 e. The third-order valence-electron chi connectivity index (χ3n) is 7.47. The molecule has 2 aromatic heterocycles. The molecular formula is C29H34FN5O5S. The van der Waals surface area contributed by atoms with Crippen LogP contribution < -0.4 is 21.3 Å². The highest BCUT2D eigenvalue weighted by Crippen LogP contribution is 2.34. The molecule has 218 valence electrons. The molecule has 2 atom stereocenters. The Hall–Kier alpha value is -3.77. The van der Waals surface area contributed by atoms with Gasteiger partial charge in [0.05, 0.1) is 11.8 Å². The van der Waals surface area contributed by atoms with E-state index in [1.165, 1.54) is 29.2 Å². The monoisotopic (exact) mass is 583 g/mol. The van der Waals surface area contributed by atoms with E-state index in [1.807, 2.05) is 0 Å². The number of hydrogen-bond donors (Lipinski definition) is 3. The number of aromatic nitrogens is 1. The Bertz CT molecular complexity index is 1380. The summed E-state index contributed by atoms with van der Waals surface area (Å²) >= 11 is 0.781. The van der Waals surface area contributed by atoms with Crippen LogP contribution in [0.2, 0.25) is 0 Å². The van der Waals surface area contributed by atoms with E-state index < -0.39 is 29.6 Å². The molecule has 12 heteroatoms. The zero-order valence-electron chi connectivity index (χ0n) is 22.9. The maximum Gasteiger partial charge on any atom is 0.273 e. The minimum absolute atomic E-state index is 0.0108. The molecule has 41 heavy (non-hydrogen) atoms. The van der Waals surface area contributed by atoms with E-state index in [-0.39, 0.29) is 46.4 Å². The number of amides is 3. The molecular weight excluding hydrogens is 549 g/mol. The first-order valence-electron chi connectivity index (χ1n) is 13.9. The summed E-state index contributed by atoms with van der Waals surface area (Å²) in [5.41, 5.74) is 6.48. The number of rotatable bonds is 9. The molecule has 1 saturated carbocycles. The highest BCUT2D eigenvalue weighted by Gasteiger charge is 2.38. The third kappa shape index (κ3) is 6.59. The maximum absolute atomic E-state index is 14.2. The van der Waals surface area contributed by atoms with Gasteiger partial charge in [-0.3, -0.25) is 19.3 Å². The van der Waals surface area contributed by atoms with Gasteiger partial charge >= 0.3 is 0 Å². The van der Waals surface area contributed by atoms with Crippen molar-refractivity contribution < 1.29 is 27.9 Å². The second-order valence-corrected chi connectivity index (χ2v) is 11.2. The summed E-state index contributed by atoms with van der Waals surface area (Å²) in [6, 6.07) is 7.28. The van der Waals surface area contributed by atoms with E-state index >= 15 is 0 Å². The Morgan fingerprint density at radius 3 is 2.51 bits per heavy atom. The predicted octanol–water partition coefficient (Wildman–Crippen LogP) is 4.51. The van der Waals surface area contributed by atoms with Crippen molar-refractivity contribution in [3.05, 3.63) is 64.3 Å². The highest BCUT2D eigenvalue weighted by molar-refractivity contribution is 7.09. The van der Waals surface area contributed by atoms with E-state index in [0.717, 1.165) is 56.5 Å². The van der Waals surface area contributed by atoms with Crippen molar-refractivity contribution in [1.82, 2.24) is 15.0 Å². The van der Waals surface area contributed by atoms with Gasteiger partial charge in [0.1, 0.15) is 22.2 Å². The number of furan rings is 1. The quantitative estimate of drug-likeness (QED) is 0.337. The molecule has 4 N–H and O–H groups in total. The van der Waals surface area contributed by atoms with Crippen molar-refractivity contribution >= 4 is 40.6 Å². The van der Waals surface area contributed by atoms with E-state index in [2.05, 4.69) is 15.0 Å². The van der Waals surface area contributed by atoms with Crippen molar-refractivity contribution in [3.63, 3.8) is 0 Å². The van der Waals surface area contributed by atoms with E-state index in [1.54, 1.807) is 19.1 Å². The van der Waals surface area contributed by atoms with Gasteiger partial charge in [0.2, 0.25) is 0 Å². The van der Waals surface area contributed by atoms with Crippen LogP contribution in [0.4, 0.5) is 15.8 Å². The van der Waals surface area contributed by atoms with Crippen LogP contribution >= 0.6 is 11.5 Å². The second-order valence-electron chi connectivity index (χ2n) is 10.5. The van der Waals surface area contributed by atoms with Crippen molar-refractivity contribution in [3.8, 4) is 0 Å². The molecule has 1 saturated heterocycles. The summed E-state index contributed by atoms with van der Waals surface area (Å²) in [5.74, 6) is -1.37. The Labute approximate surface area is 241 Å². The van der Waals surface area contributed by atoms with Crippen LogP contribution in [0.1, 0.15) is 82.7 Å². The molecule has 10 nitrogen and oxygen atoms in total. The van der Waals surface area contributed by atoms with Crippen molar-refractivity contribution in [2.45, 2.75) is 70.1 Å². The fourth-order valence-electron chi connectivity index (χ4n) is 5.30. The number of halogens is 1. The van der Waals surface area contributed by atoms with Gasteiger partial charge in [-0.2, -0.15) is 4.37 Å². The number of nitrogen functional groups attached to an aromatic ring is 1. The van der Waals surface area contributed by atoms with Crippen LogP contribution in [0, 0.1) is 12.7 Å². The Morgan fingerprint density at radius 1 is 1.10 bits per heavy atom. The van der Waals surface area contributed by atoms with Gasteiger partial charge in [0, 0.05) is 24.9 Å². The summed E-state index contributed by atoms with van der Waals surface area (Å²) < 4.78 is 29.6. The van der Waals surface area contributed by atoms with Gasteiger partial charge in [-0.15, -0.1) is 0 Å². The van der Waals surface area contributed by atoms with Crippen LogP contribution in [0.25, 0.3) is 0 Å². The second kappa shape index (κ2) is 12.8. The lowest BCUT2D eigenvalue weighted by Crippen LogP contribution is -2.45. The fourth-order valence-corrected chi connectivity index (χ4v) is 6.04. The van der Waals surface area contributed by atoms with Gasteiger partial charge in [-0.05, 0) is 80.5 Å². The number of aryl methyl sites for hydroxylation is 1. The fraction of sp³-hybridized carbons (Fsp3) is 0.448. The smallest absolute Gasteiger partial charge is 0.273 e. The molecule has 3 heterocycles. The lowest BCUT2D eigenvalue weighted by Gasteiger charge is -2.30. The first-order chi connectivity index (χ1) is 19.8. The van der Waals surface area contributed by atoms with E-state index in [9.17, 15) is 18.8 Å². The minimum atomic E-state index is -1.26. The van der Waals surface area contributed by atoms with Crippen molar-refractivity contribution in [2.24, 2.45) is 0 Å². The molecule has 2 aliphatic rings. The molecule has 0 unspecified atom stereocenters. The Morgan fingerprint density at radius 2 is 1.85 bits per heavy atom. The Balaban J connectivity index is 1.48. The van der Waals surface area contributed by atoms with Crippen LogP contribution in [0.15, 0.2) is 40.8 Å². The maximum atomic E-state index is 14.2. The van der Waals surface area contributed by atoms with Crippen LogP contribution in [0.5, 0.6) is 0 Å². The lowest BCUT2D eigenvalue weighted by molar-refractivity contribution is -0.123. The number of nitrogens with two attached hydrogens (primary N) is 1. The Kier molecular flexibility index (Phi) is 8.99. The van der Waals surface area contributed by atoms with Gasteiger partial charge < -0.3 is 25.5 Å². The number of ether oxygens (including phenoxy) is 1. The van der Waals surface area contributed by atoms with E-state index in [4.69, 9.17) is 14.9 Å². The molecule has 0 radical (unpaired) electrons. The number of nitrogens with zero attached hydrogens (tertiary/aromatic N) is 2. The van der Waals surface area contributed by atoms with Crippen molar-refractivity contribution in [1.29, 1.82) is 0 Å². The number of carbonyl (C=O) groups is 3. The standard InChI is InChI=1S/C29H34FN5O5S/c1-17-9-14-22(40-17)25(28(37)32-16-21-8-5-15-39-21)35(20-12-10-18(30)11-13-20)29(38)26-23(31)24(34-41-26)27(36)33-19-6-3-2-4-7-19/h9-14,19,21,25H,2-8,15-16,31H2,1H3,(H,32,37)(H,33,36)/t21-,25+/m0/s1. The number of carbonyl (C=O) groups excluding carboxylic acids is 3. The summed E-state index contributed by atoms with van der Waals surface area (Å²) in [6.07, 6.45) is 6.57. The molecule has 0 bridgehead atoms. The van der Waals surface area contributed by atoms with Crippen molar-refractivity contribution in [2.75, 3.05) is 23.8 Å². The van der Waals surface area contributed by atoms with Gasteiger partial charge in [0.15, 0.2) is 11.7 Å². The average molecular weight is 584 g/mol. The number of nitrogens with one attached hydrogen (secondary N) is 2. The molecule has 1 aliphatic heterocycles.